The molecule has 1 fully saturated rings. The van der Waals surface area contributed by atoms with Gasteiger partial charge in [-0.1, -0.05) is 29.8 Å². The van der Waals surface area contributed by atoms with Gasteiger partial charge in [-0.15, -0.1) is 0 Å². The molecule has 0 spiro atoms. The van der Waals surface area contributed by atoms with E-state index in [1.165, 1.54) is 26.4 Å². The summed E-state index contributed by atoms with van der Waals surface area (Å²) in [5.74, 6) is -1.90. The Kier molecular flexibility index (Phi) is 6.33. The summed E-state index contributed by atoms with van der Waals surface area (Å²) in [7, 11) is 2.96. The number of carbonyl (C=O) groups excluding carboxylic acids is 2. The minimum atomic E-state index is -1.85. The number of anilines is 1. The highest BCUT2D eigenvalue weighted by atomic mass is 35.5. The van der Waals surface area contributed by atoms with Crippen LogP contribution in [0.3, 0.4) is 0 Å². The predicted octanol–water partition coefficient (Wildman–Crippen LogP) is 4.74. The van der Waals surface area contributed by atoms with Crippen LogP contribution in [0.5, 0.6) is 11.5 Å². The highest BCUT2D eigenvalue weighted by molar-refractivity contribution is 6.30. The molecule has 0 saturated carbocycles. The lowest BCUT2D eigenvalue weighted by Gasteiger charge is -2.36. The van der Waals surface area contributed by atoms with Crippen LogP contribution in [0.15, 0.2) is 66.7 Å². The number of halogens is 2. The van der Waals surface area contributed by atoms with E-state index in [-0.39, 0.29) is 5.78 Å². The number of ketones is 1. The molecule has 0 unspecified atom stereocenters. The number of hydrogen-bond donors (Lipinski definition) is 1. The summed E-state index contributed by atoms with van der Waals surface area (Å²) in [5, 5.41) is 11.1. The maximum absolute atomic E-state index is 14.3. The molecule has 0 aromatic heterocycles. The van der Waals surface area contributed by atoms with Crippen LogP contribution in [0.25, 0.3) is 6.08 Å². The Hall–Kier alpha value is -4.35. The lowest BCUT2D eigenvalue weighted by atomic mass is 9.67. The summed E-state index contributed by atoms with van der Waals surface area (Å²) in [6.07, 6.45) is 3.29. The van der Waals surface area contributed by atoms with Crippen LogP contribution in [0, 0.1) is 22.6 Å². The lowest BCUT2D eigenvalue weighted by molar-refractivity contribution is -0.125. The quantitative estimate of drug-likeness (QED) is 0.460. The van der Waals surface area contributed by atoms with E-state index in [1.807, 2.05) is 0 Å². The SMILES string of the molecule is COc1ccc([C@@H]2[C@H](C(=O)c3ccc(Cl)cc3)N3c4ccc(F)cc4C=C[C@@H]3[C@@]2(C#N)C(N)=O)cc1OC. The van der Waals surface area contributed by atoms with Gasteiger partial charge in [-0.25, -0.2) is 4.39 Å². The van der Waals surface area contributed by atoms with Gasteiger partial charge in [0.25, 0.3) is 0 Å². The number of rotatable bonds is 6. The fraction of sp³-hybridized carbons (Fsp3) is 0.207. The molecule has 3 aromatic rings. The van der Waals surface area contributed by atoms with E-state index >= 15 is 0 Å². The number of primary amides is 1. The fourth-order valence-corrected chi connectivity index (χ4v) is 5.79. The highest BCUT2D eigenvalue weighted by Gasteiger charge is 2.66. The van der Waals surface area contributed by atoms with Crippen LogP contribution in [-0.4, -0.2) is 38.0 Å². The van der Waals surface area contributed by atoms with Crippen molar-refractivity contribution in [2.45, 2.75) is 18.0 Å². The molecule has 3 aromatic carbocycles. The second kappa shape index (κ2) is 9.51. The first kappa shape index (κ1) is 25.3. The van der Waals surface area contributed by atoms with Crippen LogP contribution in [-0.2, 0) is 4.79 Å². The Bertz CT molecular complexity index is 1520. The van der Waals surface area contributed by atoms with Gasteiger partial charge in [0.2, 0.25) is 5.91 Å². The normalized spacial score (nSPS) is 23.2. The summed E-state index contributed by atoms with van der Waals surface area (Å²) in [6.45, 7) is 0. The second-order valence-corrected chi connectivity index (χ2v) is 9.60. The first-order valence-corrected chi connectivity index (χ1v) is 12.1. The van der Waals surface area contributed by atoms with Gasteiger partial charge in [-0.05, 0) is 60.2 Å². The Morgan fingerprint density at radius 1 is 1.05 bits per heavy atom. The number of amides is 1. The third kappa shape index (κ3) is 3.70. The van der Waals surface area contributed by atoms with Crippen LogP contribution >= 0.6 is 11.6 Å². The molecule has 0 bridgehead atoms. The third-order valence-electron chi connectivity index (χ3n) is 7.35. The van der Waals surface area contributed by atoms with Crippen molar-refractivity contribution >= 4 is 35.1 Å². The summed E-state index contributed by atoms with van der Waals surface area (Å²) in [5.41, 5.74) is 5.99. The number of methoxy groups -OCH3 is 2. The first-order chi connectivity index (χ1) is 18.3. The second-order valence-electron chi connectivity index (χ2n) is 9.17. The van der Waals surface area contributed by atoms with Gasteiger partial charge in [-0.3, -0.25) is 9.59 Å². The van der Waals surface area contributed by atoms with Gasteiger partial charge < -0.3 is 20.1 Å². The Labute approximate surface area is 223 Å². The number of nitrogens with zero attached hydrogens (tertiary/aromatic N) is 2. The minimum absolute atomic E-state index is 0.333. The van der Waals surface area contributed by atoms with E-state index in [4.69, 9.17) is 26.8 Å². The van der Waals surface area contributed by atoms with E-state index in [1.54, 1.807) is 65.6 Å². The number of Topliss-reactive ketones (excluding diaryl/α,β-unsaturated/α-hetero) is 1. The molecule has 192 valence electrons. The van der Waals surface area contributed by atoms with E-state index < -0.39 is 35.1 Å². The molecule has 1 saturated heterocycles. The molecule has 1 amide bonds. The van der Waals surface area contributed by atoms with Crippen LogP contribution < -0.4 is 20.1 Å². The zero-order valence-electron chi connectivity index (χ0n) is 20.5. The largest absolute Gasteiger partial charge is 0.493 e. The van der Waals surface area contributed by atoms with Crippen molar-refractivity contribution in [3.63, 3.8) is 0 Å². The molecule has 5 rings (SSSR count). The first-order valence-electron chi connectivity index (χ1n) is 11.8. The number of nitrogens with two attached hydrogens (primary N) is 1. The van der Waals surface area contributed by atoms with Crippen molar-refractivity contribution in [2.75, 3.05) is 19.1 Å². The van der Waals surface area contributed by atoms with Crippen LogP contribution in [0.2, 0.25) is 5.02 Å². The summed E-state index contributed by atoms with van der Waals surface area (Å²) in [6, 6.07) is 15.8. The predicted molar refractivity (Wildman–Crippen MR) is 141 cm³/mol. The Balaban J connectivity index is 1.81. The van der Waals surface area contributed by atoms with Gasteiger partial charge in [0.15, 0.2) is 22.7 Å². The topological polar surface area (TPSA) is 106 Å². The third-order valence-corrected chi connectivity index (χ3v) is 7.61. The van der Waals surface area contributed by atoms with Gasteiger partial charge in [0, 0.05) is 27.8 Å². The molecule has 2 aliphatic rings. The molecule has 9 heteroatoms. The number of hydrogen-bond acceptors (Lipinski definition) is 6. The van der Waals surface area contributed by atoms with Crippen molar-refractivity contribution in [1.82, 2.24) is 0 Å². The Morgan fingerprint density at radius 3 is 2.39 bits per heavy atom. The standard InChI is InChI=1S/C29H23ClFN3O4/c1-37-22-11-5-18(14-23(22)38-2)25-26(27(35)16-3-7-19(30)8-4-16)34-21-10-9-20(31)13-17(21)6-12-24(34)29(25,15-32)28(33)36/h3-14,24-26H,1-2H3,(H2,33,36)/t24-,25-,26-,29-/m1/s1. The molecule has 0 radical (unpaired) electrons. The monoisotopic (exact) mass is 531 g/mol. The highest BCUT2D eigenvalue weighted by Crippen LogP contribution is 2.56. The molecular formula is C29H23ClFN3O4. The summed E-state index contributed by atoms with van der Waals surface area (Å²) in [4.78, 5) is 29.3. The lowest BCUT2D eigenvalue weighted by Crippen LogP contribution is -2.49. The van der Waals surface area contributed by atoms with Crippen molar-refractivity contribution in [1.29, 1.82) is 5.26 Å². The number of carbonyl (C=O) groups is 2. The zero-order valence-corrected chi connectivity index (χ0v) is 21.3. The van der Waals surface area contributed by atoms with Crippen LogP contribution in [0.1, 0.15) is 27.4 Å². The maximum atomic E-state index is 14.3. The minimum Gasteiger partial charge on any atom is -0.493 e. The van der Waals surface area contributed by atoms with Crippen molar-refractivity contribution in [3.8, 4) is 17.6 Å². The zero-order chi connectivity index (χ0) is 27.2. The molecule has 2 N–H and O–H groups in total. The van der Waals surface area contributed by atoms with Crippen molar-refractivity contribution in [3.05, 3.63) is 94.3 Å². The summed E-state index contributed by atoms with van der Waals surface area (Å²) < 4.78 is 25.0. The van der Waals surface area contributed by atoms with E-state index in [0.717, 1.165) is 0 Å². The maximum Gasteiger partial charge on any atom is 0.241 e. The smallest absolute Gasteiger partial charge is 0.241 e. The number of ether oxygens (including phenoxy) is 2. The van der Waals surface area contributed by atoms with Gasteiger partial charge >= 0.3 is 0 Å². The Morgan fingerprint density at radius 2 is 1.76 bits per heavy atom. The number of nitriles is 1. The molecule has 2 aliphatic heterocycles. The molecule has 38 heavy (non-hydrogen) atoms. The fourth-order valence-electron chi connectivity index (χ4n) is 5.66. The molecule has 7 nitrogen and oxygen atoms in total. The van der Waals surface area contributed by atoms with Gasteiger partial charge in [0.05, 0.1) is 26.3 Å². The average molecular weight is 532 g/mol. The molecule has 2 heterocycles. The summed E-state index contributed by atoms with van der Waals surface area (Å²) >= 11 is 6.07. The van der Waals surface area contributed by atoms with Gasteiger partial charge in [-0.2, -0.15) is 5.26 Å². The molecule has 4 atom stereocenters. The van der Waals surface area contributed by atoms with Crippen molar-refractivity contribution in [2.24, 2.45) is 11.1 Å². The van der Waals surface area contributed by atoms with E-state index in [2.05, 4.69) is 6.07 Å². The number of fused-ring (bicyclic) bond motifs is 3. The molecular weight excluding hydrogens is 509 g/mol. The molecule has 0 aliphatic carbocycles. The average Bonchev–Trinajstić information content (AvgIpc) is 3.24. The van der Waals surface area contributed by atoms with E-state index in [0.29, 0.717) is 38.9 Å². The van der Waals surface area contributed by atoms with Gasteiger partial charge in [0.1, 0.15) is 11.9 Å². The van der Waals surface area contributed by atoms with E-state index in [9.17, 15) is 19.2 Å². The van der Waals surface area contributed by atoms with Crippen molar-refractivity contribution < 1.29 is 23.5 Å². The van der Waals surface area contributed by atoms with Crippen LogP contribution in [0.4, 0.5) is 10.1 Å². The number of benzene rings is 3.